The van der Waals surface area contributed by atoms with Crippen LogP contribution in [0.4, 0.5) is 0 Å². The fraction of sp³-hybridized carbons (Fsp3) is 0.900. The topological polar surface area (TPSA) is 55.6 Å². The molecule has 1 rings (SSSR count). The third-order valence-corrected chi connectivity index (χ3v) is 3.12. The van der Waals surface area contributed by atoms with Gasteiger partial charge in [-0.15, -0.1) is 5.10 Å². The van der Waals surface area contributed by atoms with Crippen molar-refractivity contribution in [1.82, 2.24) is 25.5 Å². The highest BCUT2D eigenvalue weighted by Crippen LogP contribution is 2.08. The fourth-order valence-electron chi connectivity index (χ4n) is 1.59. The molecule has 0 bridgehead atoms. The maximum Gasteiger partial charge on any atom is 0.167 e. The van der Waals surface area contributed by atoms with Crippen molar-refractivity contribution in [3.63, 3.8) is 0 Å². The Balaban J connectivity index is 2.43. The van der Waals surface area contributed by atoms with E-state index in [1.807, 2.05) is 16.4 Å². The lowest BCUT2D eigenvalue weighted by atomic mass is 10.3. The number of nitrogens with one attached hydrogen (secondary N) is 1. The molecule has 0 amide bonds. The van der Waals surface area contributed by atoms with E-state index in [-0.39, 0.29) is 6.04 Å². The molecule has 0 aliphatic heterocycles. The highest BCUT2D eigenvalue weighted by atomic mass is 32.2. The molecule has 16 heavy (non-hydrogen) atoms. The van der Waals surface area contributed by atoms with Gasteiger partial charge < -0.3 is 5.32 Å². The van der Waals surface area contributed by atoms with Crippen LogP contribution >= 0.6 is 11.8 Å². The third kappa shape index (κ3) is 4.09. The van der Waals surface area contributed by atoms with Gasteiger partial charge in [-0.3, -0.25) is 0 Å². The van der Waals surface area contributed by atoms with Gasteiger partial charge in [0.1, 0.15) is 0 Å². The van der Waals surface area contributed by atoms with Crippen LogP contribution in [0.1, 0.15) is 38.6 Å². The Morgan fingerprint density at radius 1 is 1.44 bits per heavy atom. The van der Waals surface area contributed by atoms with Crippen molar-refractivity contribution in [2.75, 3.05) is 18.6 Å². The van der Waals surface area contributed by atoms with Gasteiger partial charge in [-0.25, -0.2) is 4.68 Å². The molecule has 0 saturated heterocycles. The molecule has 1 N–H and O–H groups in total. The third-order valence-electron chi connectivity index (χ3n) is 2.43. The Morgan fingerprint density at radius 3 is 2.94 bits per heavy atom. The van der Waals surface area contributed by atoms with Crippen molar-refractivity contribution in [3.05, 3.63) is 5.82 Å². The number of aryl methyl sites for hydroxylation is 1. The van der Waals surface area contributed by atoms with E-state index in [0.717, 1.165) is 25.3 Å². The van der Waals surface area contributed by atoms with Crippen LogP contribution in [0.3, 0.4) is 0 Å². The largest absolute Gasteiger partial charge is 0.308 e. The molecule has 1 aromatic rings. The van der Waals surface area contributed by atoms with Crippen LogP contribution in [-0.4, -0.2) is 38.8 Å². The minimum atomic E-state index is 0.223. The number of thioether (sulfide) groups is 1. The first kappa shape index (κ1) is 13.4. The van der Waals surface area contributed by atoms with Crippen LogP contribution in [0.25, 0.3) is 0 Å². The number of nitrogens with zero attached hydrogens (tertiary/aromatic N) is 4. The monoisotopic (exact) mass is 243 g/mol. The van der Waals surface area contributed by atoms with Gasteiger partial charge in [-0.05, 0) is 48.7 Å². The van der Waals surface area contributed by atoms with Crippen molar-refractivity contribution < 1.29 is 0 Å². The molecule has 6 heteroatoms. The maximum absolute atomic E-state index is 4.07. The second-order valence-electron chi connectivity index (χ2n) is 3.74. The van der Waals surface area contributed by atoms with E-state index >= 15 is 0 Å². The Kier molecular flexibility index (Phi) is 6.40. The summed E-state index contributed by atoms with van der Waals surface area (Å²) in [7, 11) is 0. The van der Waals surface area contributed by atoms with Crippen molar-refractivity contribution in [2.45, 2.75) is 39.3 Å². The number of hydrogen-bond donors (Lipinski definition) is 1. The zero-order valence-corrected chi connectivity index (χ0v) is 11.1. The highest BCUT2D eigenvalue weighted by Gasteiger charge is 2.12. The lowest BCUT2D eigenvalue weighted by molar-refractivity contribution is 0.482. The minimum Gasteiger partial charge on any atom is -0.308 e. The van der Waals surface area contributed by atoms with Gasteiger partial charge >= 0.3 is 0 Å². The molecule has 0 aliphatic rings. The molecule has 0 aliphatic carbocycles. The SMILES string of the molecule is CCNC(C)c1nnnn1CCCCSC. The first-order valence-electron chi connectivity index (χ1n) is 5.78. The van der Waals surface area contributed by atoms with Crippen molar-refractivity contribution >= 4 is 11.8 Å². The summed E-state index contributed by atoms with van der Waals surface area (Å²) < 4.78 is 1.91. The predicted octanol–water partition coefficient (Wildman–Crippen LogP) is 1.49. The summed E-state index contributed by atoms with van der Waals surface area (Å²) in [6.07, 6.45) is 4.49. The van der Waals surface area contributed by atoms with E-state index in [2.05, 4.69) is 40.9 Å². The van der Waals surface area contributed by atoms with E-state index in [0.29, 0.717) is 0 Å². The molecule has 0 saturated carbocycles. The molecule has 0 aromatic carbocycles. The van der Waals surface area contributed by atoms with Crippen molar-refractivity contribution in [2.24, 2.45) is 0 Å². The summed E-state index contributed by atoms with van der Waals surface area (Å²) in [6.45, 7) is 6.02. The van der Waals surface area contributed by atoms with Crippen LogP contribution < -0.4 is 5.32 Å². The molecule has 92 valence electrons. The van der Waals surface area contributed by atoms with Crippen LogP contribution in [0.2, 0.25) is 0 Å². The van der Waals surface area contributed by atoms with E-state index in [1.54, 1.807) is 0 Å². The summed E-state index contributed by atoms with van der Waals surface area (Å²) in [5.74, 6) is 2.14. The molecule has 0 fully saturated rings. The van der Waals surface area contributed by atoms with E-state index < -0.39 is 0 Å². The summed E-state index contributed by atoms with van der Waals surface area (Å²) >= 11 is 1.88. The van der Waals surface area contributed by atoms with Crippen molar-refractivity contribution in [3.8, 4) is 0 Å². The van der Waals surface area contributed by atoms with Gasteiger partial charge in [0.05, 0.1) is 6.04 Å². The quantitative estimate of drug-likeness (QED) is 0.701. The molecule has 1 aromatic heterocycles. The van der Waals surface area contributed by atoms with E-state index in [1.165, 1.54) is 12.2 Å². The second kappa shape index (κ2) is 7.62. The summed E-state index contributed by atoms with van der Waals surface area (Å²) in [5, 5.41) is 15.2. The molecule has 1 unspecified atom stereocenters. The van der Waals surface area contributed by atoms with Crippen molar-refractivity contribution in [1.29, 1.82) is 0 Å². The van der Waals surface area contributed by atoms with Gasteiger partial charge in [0.2, 0.25) is 0 Å². The molecule has 1 atom stereocenters. The Bertz CT molecular complexity index is 288. The minimum absolute atomic E-state index is 0.223. The molecule has 5 nitrogen and oxygen atoms in total. The average Bonchev–Trinajstić information content (AvgIpc) is 2.73. The van der Waals surface area contributed by atoms with Crippen LogP contribution in [0.15, 0.2) is 0 Å². The van der Waals surface area contributed by atoms with Gasteiger partial charge in [0.25, 0.3) is 0 Å². The molecular weight excluding hydrogens is 222 g/mol. The lowest BCUT2D eigenvalue weighted by Gasteiger charge is -2.11. The van der Waals surface area contributed by atoms with Crippen LogP contribution in [0, 0.1) is 0 Å². The zero-order valence-electron chi connectivity index (χ0n) is 10.3. The molecular formula is C10H21N5S. The second-order valence-corrected chi connectivity index (χ2v) is 4.73. The number of rotatable bonds is 8. The zero-order chi connectivity index (χ0) is 11.8. The van der Waals surface area contributed by atoms with Gasteiger partial charge in [-0.2, -0.15) is 11.8 Å². The van der Waals surface area contributed by atoms with Gasteiger partial charge in [-0.1, -0.05) is 6.92 Å². The maximum atomic E-state index is 4.07. The molecule has 1 heterocycles. The Labute approximate surface area is 101 Å². The summed E-state index contributed by atoms with van der Waals surface area (Å²) in [4.78, 5) is 0. The lowest BCUT2D eigenvalue weighted by Crippen LogP contribution is -2.22. The molecule has 0 spiro atoms. The van der Waals surface area contributed by atoms with Gasteiger partial charge in [0.15, 0.2) is 5.82 Å². The Morgan fingerprint density at radius 2 is 2.25 bits per heavy atom. The standard InChI is InChI=1S/C10H21N5S/c1-4-11-9(2)10-12-13-14-15(10)7-5-6-8-16-3/h9,11H,4-8H2,1-3H3. The van der Waals surface area contributed by atoms with E-state index in [9.17, 15) is 0 Å². The number of unbranched alkanes of at least 4 members (excludes halogenated alkanes) is 1. The summed E-state index contributed by atoms with van der Waals surface area (Å²) in [6, 6.07) is 0.223. The fourth-order valence-corrected chi connectivity index (χ4v) is 2.08. The van der Waals surface area contributed by atoms with Gasteiger partial charge in [0, 0.05) is 6.54 Å². The number of aromatic nitrogens is 4. The van der Waals surface area contributed by atoms with Crippen LogP contribution in [0.5, 0.6) is 0 Å². The van der Waals surface area contributed by atoms with Crippen LogP contribution in [-0.2, 0) is 6.54 Å². The predicted molar refractivity (Wildman–Crippen MR) is 67.5 cm³/mol. The average molecular weight is 243 g/mol. The van der Waals surface area contributed by atoms with E-state index in [4.69, 9.17) is 0 Å². The molecule has 0 radical (unpaired) electrons. The number of tetrazole rings is 1. The Hall–Kier alpha value is -0.620. The number of hydrogen-bond acceptors (Lipinski definition) is 5. The first-order chi connectivity index (χ1) is 7.79. The normalized spacial score (nSPS) is 12.9. The first-order valence-corrected chi connectivity index (χ1v) is 7.17. The summed E-state index contributed by atoms with van der Waals surface area (Å²) in [5.41, 5.74) is 0. The highest BCUT2D eigenvalue weighted by molar-refractivity contribution is 7.98. The smallest absolute Gasteiger partial charge is 0.167 e.